The molecule has 4 rings (SSSR count). The largest absolute Gasteiger partial charge is 0.508 e. The van der Waals surface area contributed by atoms with Crippen molar-refractivity contribution >= 4 is 35.3 Å². The average Bonchev–Trinajstić information content (AvgIpc) is 3.27. The molecule has 190 valence electrons. The standard InChI is InChI=1S/C26H22Cl2N4O5/c1-36-23-7-6-15(10-24(23)37-2)25-17(12-29-30-26(35)16-8-18(33)11-19(34)9-16)13-32(31-25)14-20-21(27)4-3-5-22(20)28/h3-13,33-34H,14H2,1-2H3,(H,30,35). The Labute approximate surface area is 222 Å². The summed E-state index contributed by atoms with van der Waals surface area (Å²) in [5.41, 5.74) is 4.97. The fraction of sp³-hybridized carbons (Fsp3) is 0.115. The molecular formula is C26H22Cl2N4O5. The van der Waals surface area contributed by atoms with Crippen LogP contribution < -0.4 is 14.9 Å². The van der Waals surface area contributed by atoms with Gasteiger partial charge in [-0.1, -0.05) is 29.3 Å². The van der Waals surface area contributed by atoms with Crippen LogP contribution in [0.2, 0.25) is 10.0 Å². The van der Waals surface area contributed by atoms with E-state index in [1.807, 2.05) is 6.07 Å². The lowest BCUT2D eigenvalue weighted by Gasteiger charge is -2.09. The van der Waals surface area contributed by atoms with Gasteiger partial charge in [0.1, 0.15) is 17.2 Å². The number of halogens is 2. The third-order valence-electron chi connectivity index (χ3n) is 5.36. The molecule has 0 aliphatic heterocycles. The Morgan fingerprint density at radius 2 is 1.70 bits per heavy atom. The second kappa shape index (κ2) is 11.2. The number of nitrogens with zero attached hydrogens (tertiary/aromatic N) is 3. The van der Waals surface area contributed by atoms with Crippen molar-refractivity contribution in [1.29, 1.82) is 0 Å². The highest BCUT2D eigenvalue weighted by atomic mass is 35.5. The van der Waals surface area contributed by atoms with Gasteiger partial charge in [0.25, 0.3) is 5.91 Å². The number of phenols is 2. The molecule has 1 amide bonds. The molecule has 0 aliphatic carbocycles. The van der Waals surface area contributed by atoms with Gasteiger partial charge in [-0.15, -0.1) is 0 Å². The molecule has 1 heterocycles. The molecule has 0 unspecified atom stereocenters. The quantitative estimate of drug-likeness (QED) is 0.211. The summed E-state index contributed by atoms with van der Waals surface area (Å²) >= 11 is 12.7. The minimum atomic E-state index is -0.620. The number of carbonyl (C=O) groups excluding carboxylic acids is 1. The van der Waals surface area contributed by atoms with Crippen LogP contribution in [-0.2, 0) is 6.54 Å². The van der Waals surface area contributed by atoms with Crippen molar-refractivity contribution < 1.29 is 24.5 Å². The van der Waals surface area contributed by atoms with Crippen molar-refractivity contribution in [2.75, 3.05) is 14.2 Å². The van der Waals surface area contributed by atoms with E-state index in [4.69, 9.17) is 37.8 Å². The Morgan fingerprint density at radius 3 is 2.35 bits per heavy atom. The first-order valence-corrected chi connectivity index (χ1v) is 11.6. The number of nitrogens with one attached hydrogen (secondary N) is 1. The first-order valence-electron chi connectivity index (χ1n) is 10.9. The van der Waals surface area contributed by atoms with E-state index in [9.17, 15) is 15.0 Å². The second-order valence-corrected chi connectivity index (χ2v) is 8.65. The molecule has 0 aliphatic rings. The van der Waals surface area contributed by atoms with Gasteiger partial charge in [0.15, 0.2) is 11.5 Å². The van der Waals surface area contributed by atoms with Gasteiger partial charge >= 0.3 is 0 Å². The van der Waals surface area contributed by atoms with Crippen LogP contribution in [0.25, 0.3) is 11.3 Å². The molecule has 0 saturated carbocycles. The molecular weight excluding hydrogens is 519 g/mol. The van der Waals surface area contributed by atoms with Crippen LogP contribution in [0, 0.1) is 0 Å². The van der Waals surface area contributed by atoms with E-state index >= 15 is 0 Å². The number of phenolic OH excluding ortho intramolecular Hbond substituents is 2. The Hall–Kier alpha value is -4.21. The molecule has 0 bridgehead atoms. The van der Waals surface area contributed by atoms with Crippen LogP contribution in [0.4, 0.5) is 0 Å². The number of aromatic hydroxyl groups is 2. The van der Waals surface area contributed by atoms with Crippen LogP contribution in [0.5, 0.6) is 23.0 Å². The number of benzene rings is 3. The van der Waals surface area contributed by atoms with Gasteiger partial charge in [-0.25, -0.2) is 5.43 Å². The highest BCUT2D eigenvalue weighted by Crippen LogP contribution is 2.33. The Morgan fingerprint density at radius 1 is 1.03 bits per heavy atom. The zero-order valence-electron chi connectivity index (χ0n) is 19.8. The van der Waals surface area contributed by atoms with Crippen molar-refractivity contribution in [3.8, 4) is 34.3 Å². The summed E-state index contributed by atoms with van der Waals surface area (Å²) in [7, 11) is 3.09. The molecule has 0 saturated heterocycles. The van der Waals surface area contributed by atoms with E-state index < -0.39 is 5.91 Å². The number of ether oxygens (including phenoxy) is 2. The van der Waals surface area contributed by atoms with Crippen LogP contribution in [0.3, 0.4) is 0 Å². The van der Waals surface area contributed by atoms with Crippen LogP contribution in [0.1, 0.15) is 21.5 Å². The number of rotatable bonds is 8. The minimum absolute atomic E-state index is 0.0406. The predicted molar refractivity (Wildman–Crippen MR) is 141 cm³/mol. The molecule has 9 nitrogen and oxygen atoms in total. The number of carbonyl (C=O) groups is 1. The first-order chi connectivity index (χ1) is 17.8. The summed E-state index contributed by atoms with van der Waals surface area (Å²) in [6, 6.07) is 14.2. The van der Waals surface area contributed by atoms with Gasteiger partial charge in [-0.05, 0) is 42.5 Å². The number of hydrazone groups is 1. The van der Waals surface area contributed by atoms with E-state index in [1.54, 1.807) is 48.3 Å². The molecule has 0 fully saturated rings. The van der Waals surface area contributed by atoms with Crippen LogP contribution in [0.15, 0.2) is 65.9 Å². The van der Waals surface area contributed by atoms with Crippen molar-refractivity contribution in [1.82, 2.24) is 15.2 Å². The Kier molecular flexibility index (Phi) is 7.86. The predicted octanol–water partition coefficient (Wildman–Crippen LogP) is 5.10. The summed E-state index contributed by atoms with van der Waals surface area (Å²) in [6.45, 7) is 0.293. The van der Waals surface area contributed by atoms with Crippen molar-refractivity contribution in [3.63, 3.8) is 0 Å². The lowest BCUT2D eigenvalue weighted by molar-refractivity contribution is 0.0954. The normalized spacial score (nSPS) is 11.0. The number of aromatic nitrogens is 2. The maximum Gasteiger partial charge on any atom is 0.271 e. The monoisotopic (exact) mass is 540 g/mol. The minimum Gasteiger partial charge on any atom is -0.508 e. The summed E-state index contributed by atoms with van der Waals surface area (Å²) in [4.78, 5) is 12.4. The van der Waals surface area contributed by atoms with Crippen molar-refractivity contribution in [3.05, 3.63) is 87.5 Å². The van der Waals surface area contributed by atoms with E-state index in [-0.39, 0.29) is 17.1 Å². The fourth-order valence-corrected chi connectivity index (χ4v) is 4.13. The number of methoxy groups -OCH3 is 2. The van der Waals surface area contributed by atoms with Crippen LogP contribution >= 0.6 is 23.2 Å². The zero-order valence-corrected chi connectivity index (χ0v) is 21.3. The van der Waals surface area contributed by atoms with Gasteiger partial charge < -0.3 is 19.7 Å². The van der Waals surface area contributed by atoms with Gasteiger partial charge in [0, 0.05) is 44.6 Å². The molecule has 37 heavy (non-hydrogen) atoms. The van der Waals surface area contributed by atoms with Crippen LogP contribution in [-0.4, -0.2) is 46.3 Å². The van der Waals surface area contributed by atoms with E-state index in [2.05, 4.69) is 10.5 Å². The molecule has 4 aromatic rings. The van der Waals surface area contributed by atoms with Crippen molar-refractivity contribution in [2.24, 2.45) is 5.10 Å². The highest BCUT2D eigenvalue weighted by molar-refractivity contribution is 6.36. The summed E-state index contributed by atoms with van der Waals surface area (Å²) in [6.07, 6.45) is 3.17. The maximum atomic E-state index is 12.4. The summed E-state index contributed by atoms with van der Waals surface area (Å²) in [5, 5.41) is 29.0. The van der Waals surface area contributed by atoms with Gasteiger partial charge in [0.2, 0.25) is 0 Å². The lowest BCUT2D eigenvalue weighted by atomic mass is 10.1. The molecule has 1 aromatic heterocycles. The smallest absolute Gasteiger partial charge is 0.271 e. The number of amides is 1. The van der Waals surface area contributed by atoms with Crippen molar-refractivity contribution in [2.45, 2.75) is 6.54 Å². The van der Waals surface area contributed by atoms with Gasteiger partial charge in [-0.3, -0.25) is 9.48 Å². The Balaban J connectivity index is 1.68. The highest BCUT2D eigenvalue weighted by Gasteiger charge is 2.15. The van der Waals surface area contributed by atoms with Gasteiger partial charge in [0.05, 0.1) is 27.0 Å². The third-order valence-corrected chi connectivity index (χ3v) is 6.07. The topological polar surface area (TPSA) is 118 Å². The zero-order chi connectivity index (χ0) is 26.5. The maximum absolute atomic E-state index is 12.4. The molecule has 0 spiro atoms. The van der Waals surface area contributed by atoms with Gasteiger partial charge in [-0.2, -0.15) is 10.2 Å². The third kappa shape index (κ3) is 5.96. The van der Waals surface area contributed by atoms with E-state index in [0.29, 0.717) is 50.5 Å². The molecule has 0 atom stereocenters. The number of hydrogen-bond donors (Lipinski definition) is 3. The molecule has 3 N–H and O–H groups in total. The SMILES string of the molecule is COc1ccc(-c2nn(Cc3c(Cl)cccc3Cl)cc2C=NNC(=O)c2cc(O)cc(O)c2)cc1OC. The first kappa shape index (κ1) is 25.9. The van der Waals surface area contributed by atoms with E-state index in [0.717, 1.165) is 6.07 Å². The Bertz CT molecular complexity index is 1450. The second-order valence-electron chi connectivity index (χ2n) is 7.84. The summed E-state index contributed by atoms with van der Waals surface area (Å²) in [5.74, 6) is -0.0342. The number of hydrogen-bond acceptors (Lipinski definition) is 7. The molecule has 11 heteroatoms. The lowest BCUT2D eigenvalue weighted by Crippen LogP contribution is -2.17. The fourth-order valence-electron chi connectivity index (χ4n) is 3.62. The molecule has 3 aromatic carbocycles. The average molecular weight is 541 g/mol. The van der Waals surface area contributed by atoms with E-state index in [1.165, 1.54) is 25.5 Å². The summed E-state index contributed by atoms with van der Waals surface area (Å²) < 4.78 is 12.4. The molecule has 0 radical (unpaired) electrons.